The molecule has 36 heavy (non-hydrogen) atoms. The Bertz CT molecular complexity index is 513. The van der Waals surface area contributed by atoms with Gasteiger partial charge in [0.15, 0.2) is 0 Å². The number of likely N-dealkylation sites (tertiary alicyclic amines) is 1. The molecular weight excluding hydrogens is 492 g/mol. The highest BCUT2D eigenvalue weighted by Gasteiger charge is 2.21. The number of likely N-dealkylation sites (N-methyl/N-ethyl adjacent to an activating group) is 1. The van der Waals surface area contributed by atoms with Crippen LogP contribution >= 0.6 is 24.6 Å². The van der Waals surface area contributed by atoms with Gasteiger partial charge >= 0.3 is 0 Å². The first-order chi connectivity index (χ1) is 17.3. The Morgan fingerprint density at radius 1 is 1.11 bits per heavy atom. The predicted octanol–water partition coefficient (Wildman–Crippen LogP) is 4.64. The van der Waals surface area contributed by atoms with E-state index in [0.717, 1.165) is 38.5 Å². The zero-order chi connectivity index (χ0) is 27.6. The summed E-state index contributed by atoms with van der Waals surface area (Å²) in [4.78, 5) is 21.1. The Balaban J connectivity index is 0. The van der Waals surface area contributed by atoms with E-state index in [-0.39, 0.29) is 0 Å². The lowest BCUT2D eigenvalue weighted by Gasteiger charge is -2.35. The normalized spacial score (nSPS) is 23.0. The molecule has 1 amide bonds. The number of carbonyl (C=O) groups excluding carboxylic acids is 2. The summed E-state index contributed by atoms with van der Waals surface area (Å²) in [6.45, 7) is 20.4. The summed E-state index contributed by atoms with van der Waals surface area (Å²) in [7, 11) is 2.03. The first-order valence-corrected chi connectivity index (χ1v) is 15.1. The number of amides is 1. The van der Waals surface area contributed by atoms with Crippen LogP contribution < -0.4 is 10.6 Å². The van der Waals surface area contributed by atoms with Crippen molar-refractivity contribution in [1.29, 1.82) is 0 Å². The standard InChI is InChI=1S/C10H19NS2.C6H13N.C5H10N2O.C3H6O2.C3H8/c1-3-11(4-2)13-10-7-5-9(12)6-8-10;1-6-3-2-4-7-5-6;1-7-2-5(3-7)6-4-8;1-2-5-3-4;1-3-2/h5,7,9-10,12H,3-4,6,8H2,1-2H3;6-7H,2-5H2,1H3;4-5H,2-3H2,1H3,(H,6,8);3H,2H2,1H3;3H2,1-2H3. The number of thiol groups is 1. The van der Waals surface area contributed by atoms with E-state index in [9.17, 15) is 9.59 Å². The molecule has 2 heterocycles. The van der Waals surface area contributed by atoms with E-state index in [1.807, 2.05) is 19.0 Å². The molecule has 3 unspecified atom stereocenters. The second-order valence-electron chi connectivity index (χ2n) is 9.20. The predicted molar refractivity (Wildman–Crippen MR) is 161 cm³/mol. The Labute approximate surface area is 232 Å². The molecule has 7 nitrogen and oxygen atoms in total. The topological polar surface area (TPSA) is 73.9 Å². The highest BCUT2D eigenvalue weighted by Crippen LogP contribution is 2.27. The first-order valence-electron chi connectivity index (χ1n) is 13.7. The van der Waals surface area contributed by atoms with E-state index in [1.165, 1.54) is 45.2 Å². The van der Waals surface area contributed by atoms with E-state index in [4.69, 9.17) is 0 Å². The highest BCUT2D eigenvalue weighted by atomic mass is 32.2. The van der Waals surface area contributed by atoms with E-state index in [0.29, 0.717) is 29.6 Å². The zero-order valence-corrected chi connectivity index (χ0v) is 25.8. The number of carbonyl (C=O) groups is 2. The van der Waals surface area contributed by atoms with Crippen LogP contribution in [0, 0.1) is 5.92 Å². The largest absolute Gasteiger partial charge is 0.468 e. The van der Waals surface area contributed by atoms with Crippen molar-refractivity contribution in [2.75, 3.05) is 52.9 Å². The molecule has 0 bridgehead atoms. The molecule has 2 N–H and O–H groups in total. The number of rotatable bonds is 8. The molecule has 0 saturated carbocycles. The number of nitrogens with zero attached hydrogens (tertiary/aromatic N) is 2. The fourth-order valence-electron chi connectivity index (χ4n) is 3.43. The third-order valence-corrected chi connectivity index (χ3v) is 7.34. The van der Waals surface area contributed by atoms with Gasteiger partial charge in [-0.2, -0.15) is 12.6 Å². The van der Waals surface area contributed by atoms with Crippen LogP contribution in [0.5, 0.6) is 0 Å². The maximum absolute atomic E-state index is 9.79. The third-order valence-electron chi connectivity index (χ3n) is 5.43. The van der Waals surface area contributed by atoms with Crippen LogP contribution in [-0.2, 0) is 14.3 Å². The summed E-state index contributed by atoms with van der Waals surface area (Å²) in [6, 6.07) is 0.414. The van der Waals surface area contributed by atoms with Crippen LogP contribution in [0.2, 0.25) is 0 Å². The van der Waals surface area contributed by atoms with Gasteiger partial charge in [0, 0.05) is 36.7 Å². The molecule has 9 heteroatoms. The number of hydrogen-bond donors (Lipinski definition) is 3. The van der Waals surface area contributed by atoms with E-state index >= 15 is 0 Å². The van der Waals surface area contributed by atoms with Crippen molar-refractivity contribution >= 4 is 37.5 Å². The van der Waals surface area contributed by atoms with Crippen molar-refractivity contribution < 1.29 is 14.3 Å². The second kappa shape index (κ2) is 27.3. The van der Waals surface area contributed by atoms with Crippen LogP contribution in [0.15, 0.2) is 12.2 Å². The van der Waals surface area contributed by atoms with Crippen LogP contribution in [0.25, 0.3) is 0 Å². The third kappa shape index (κ3) is 23.6. The molecule has 2 saturated heterocycles. The average Bonchev–Trinajstić information content (AvgIpc) is 2.86. The number of nitrogens with one attached hydrogen (secondary N) is 2. The van der Waals surface area contributed by atoms with Gasteiger partial charge in [-0.15, -0.1) is 0 Å². The summed E-state index contributed by atoms with van der Waals surface area (Å²) >= 11 is 6.41. The average molecular weight is 549 g/mol. The molecule has 0 spiro atoms. The smallest absolute Gasteiger partial charge is 0.293 e. The van der Waals surface area contributed by atoms with Crippen molar-refractivity contribution in [3.63, 3.8) is 0 Å². The molecule has 0 aromatic carbocycles. The van der Waals surface area contributed by atoms with Gasteiger partial charge in [0.05, 0.1) is 12.6 Å². The lowest BCUT2D eigenvalue weighted by Crippen LogP contribution is -2.55. The van der Waals surface area contributed by atoms with Gasteiger partial charge in [0.25, 0.3) is 6.47 Å². The van der Waals surface area contributed by atoms with Crippen LogP contribution in [0.3, 0.4) is 0 Å². The molecular formula is C27H56N4O3S2. The van der Waals surface area contributed by atoms with Crippen molar-refractivity contribution in [1.82, 2.24) is 19.8 Å². The fraction of sp³-hybridized carbons (Fsp3) is 0.852. The quantitative estimate of drug-likeness (QED) is 0.177. The number of hydrogen-bond acceptors (Lipinski definition) is 8. The molecule has 0 aromatic heterocycles. The van der Waals surface area contributed by atoms with Gasteiger partial charge in [-0.1, -0.05) is 65.1 Å². The highest BCUT2D eigenvalue weighted by molar-refractivity contribution is 7.97. The monoisotopic (exact) mass is 548 g/mol. The SMILES string of the molecule is CC1CCCNC1.CCC.CCN(CC)SC1C=CC(S)CC1.CCOC=O.CN1CC(NC=O)C1. The van der Waals surface area contributed by atoms with Gasteiger partial charge in [0.2, 0.25) is 6.41 Å². The van der Waals surface area contributed by atoms with Gasteiger partial charge in [0.1, 0.15) is 0 Å². The maximum atomic E-state index is 9.79. The minimum atomic E-state index is 0.414. The Hall–Kier alpha value is -0.740. The van der Waals surface area contributed by atoms with Gasteiger partial charge < -0.3 is 20.3 Å². The summed E-state index contributed by atoms with van der Waals surface area (Å²) < 4.78 is 6.56. The molecule has 0 radical (unpaired) electrons. The van der Waals surface area contributed by atoms with Crippen molar-refractivity contribution in [3.05, 3.63) is 12.2 Å². The Kier molecular flexibility index (Phi) is 28.4. The van der Waals surface area contributed by atoms with Gasteiger partial charge in [-0.25, -0.2) is 0 Å². The van der Waals surface area contributed by atoms with E-state index in [1.54, 1.807) is 6.92 Å². The van der Waals surface area contributed by atoms with E-state index < -0.39 is 0 Å². The molecule has 2 fully saturated rings. The molecule has 2 aliphatic heterocycles. The lowest BCUT2D eigenvalue weighted by molar-refractivity contribution is -0.128. The van der Waals surface area contributed by atoms with E-state index in [2.05, 4.69) is 84.0 Å². The molecule has 3 atom stereocenters. The molecule has 214 valence electrons. The molecule has 1 aliphatic carbocycles. The second-order valence-corrected chi connectivity index (χ2v) is 11.2. The van der Waals surface area contributed by atoms with Crippen molar-refractivity contribution in [2.45, 2.75) is 90.2 Å². The van der Waals surface area contributed by atoms with Gasteiger partial charge in [-0.05, 0) is 58.7 Å². The lowest BCUT2D eigenvalue weighted by atomic mass is 10.0. The maximum Gasteiger partial charge on any atom is 0.293 e. The Morgan fingerprint density at radius 2 is 1.75 bits per heavy atom. The minimum absolute atomic E-state index is 0.414. The molecule has 3 rings (SSSR count). The van der Waals surface area contributed by atoms with Crippen LogP contribution in [0.4, 0.5) is 0 Å². The molecule has 3 aliphatic rings. The first kappa shape index (κ1) is 37.4. The summed E-state index contributed by atoms with van der Waals surface area (Å²) in [5, 5.41) is 7.20. The number of piperidine rings is 1. The summed E-state index contributed by atoms with van der Waals surface area (Å²) in [5.41, 5.74) is 0. The minimum Gasteiger partial charge on any atom is -0.468 e. The summed E-state index contributed by atoms with van der Waals surface area (Å²) in [6.07, 6.45) is 11.8. The van der Waals surface area contributed by atoms with Crippen molar-refractivity contribution in [3.8, 4) is 0 Å². The van der Waals surface area contributed by atoms with Crippen LogP contribution in [-0.4, -0.2) is 91.6 Å². The van der Waals surface area contributed by atoms with Crippen molar-refractivity contribution in [2.24, 2.45) is 5.92 Å². The summed E-state index contributed by atoms with van der Waals surface area (Å²) in [5.74, 6) is 0.925. The zero-order valence-electron chi connectivity index (χ0n) is 24.1. The van der Waals surface area contributed by atoms with Crippen LogP contribution in [0.1, 0.15) is 73.6 Å². The Morgan fingerprint density at radius 3 is 2.06 bits per heavy atom. The number of ether oxygens (including phenoxy) is 1. The molecule has 0 aromatic rings. The van der Waals surface area contributed by atoms with Gasteiger partial charge in [-0.3, -0.25) is 13.9 Å². The fourth-order valence-corrected chi connectivity index (χ4v) is 4.76.